The van der Waals surface area contributed by atoms with E-state index in [0.29, 0.717) is 193 Å². The lowest BCUT2D eigenvalue weighted by Gasteiger charge is -2.19. The Kier molecular flexibility index (Phi) is 54.2. The molecule has 674 valence electrons. The van der Waals surface area contributed by atoms with Crippen LogP contribution in [0.2, 0.25) is 0 Å². The fraction of sp³-hybridized carbons (Fsp3) is 0.573. The Morgan fingerprint density at radius 3 is 1.33 bits per heavy atom. The van der Waals surface area contributed by atoms with Crippen LogP contribution in [-0.4, -0.2) is 236 Å². The van der Waals surface area contributed by atoms with Crippen molar-refractivity contribution in [2.45, 2.75) is 164 Å². The number of aromatic nitrogens is 6. The summed E-state index contributed by atoms with van der Waals surface area (Å²) in [6.07, 6.45) is 11.9. The molecule has 34 heteroatoms. The number of pyridine rings is 2. The van der Waals surface area contributed by atoms with Crippen LogP contribution < -0.4 is 27.8 Å². The summed E-state index contributed by atoms with van der Waals surface area (Å²) in [6, 6.07) is 34.0. The summed E-state index contributed by atoms with van der Waals surface area (Å²) >= 11 is 0. The molecule has 0 saturated carbocycles. The van der Waals surface area contributed by atoms with E-state index in [0.717, 1.165) is 145 Å². The molecule has 123 heavy (non-hydrogen) atoms. The summed E-state index contributed by atoms with van der Waals surface area (Å²) in [5.41, 5.74) is 33.2. The summed E-state index contributed by atoms with van der Waals surface area (Å²) in [4.78, 5) is 62.9. The zero-order chi connectivity index (χ0) is 88.1. The number of nitrogen functional groups attached to an aromatic ring is 2. The monoisotopic (exact) mass is 1710 g/mol. The highest BCUT2D eigenvalue weighted by molar-refractivity contribution is 6.07. The first-order valence-electron chi connectivity index (χ1n) is 42.0. The molecule has 0 saturated heterocycles. The number of rotatable bonds is 56. The highest BCUT2D eigenvalue weighted by Crippen LogP contribution is 2.32. The van der Waals surface area contributed by atoms with Crippen LogP contribution in [0.1, 0.15) is 150 Å². The molecule has 4 aromatic heterocycles. The Morgan fingerprint density at radius 2 is 0.911 bits per heavy atom. The van der Waals surface area contributed by atoms with Gasteiger partial charge in [-0.15, -0.1) is 0 Å². The van der Waals surface area contributed by atoms with E-state index in [9.17, 15) is 19.6 Å². The Hall–Kier alpha value is -10.4. The number of nitrogens with zero attached hydrogens (tertiary/aromatic N) is 13. The van der Waals surface area contributed by atoms with Gasteiger partial charge in [-0.1, -0.05) is 87.8 Å². The Bertz CT molecular complexity index is 4520. The van der Waals surface area contributed by atoms with Crippen LogP contribution in [0, 0.1) is 22.7 Å². The molecule has 8 N–H and O–H groups in total. The van der Waals surface area contributed by atoms with Crippen LogP contribution in [0.4, 0.5) is 23.0 Å². The van der Waals surface area contributed by atoms with Gasteiger partial charge in [0.25, 0.3) is 0 Å². The van der Waals surface area contributed by atoms with Gasteiger partial charge in [0.2, 0.25) is 6.08 Å². The van der Waals surface area contributed by atoms with Gasteiger partial charge < -0.3 is 98.5 Å². The van der Waals surface area contributed by atoms with E-state index in [1.165, 1.54) is 12.1 Å². The lowest BCUT2D eigenvalue weighted by Crippen LogP contribution is -2.34. The molecule has 0 aliphatic heterocycles. The van der Waals surface area contributed by atoms with E-state index in [1.807, 2.05) is 96.1 Å². The molecule has 0 atom stereocenters. The summed E-state index contributed by atoms with van der Waals surface area (Å²) in [6.45, 7) is 29.2. The van der Waals surface area contributed by atoms with Crippen molar-refractivity contribution < 1.29 is 76.0 Å². The van der Waals surface area contributed by atoms with Gasteiger partial charge in [0, 0.05) is 66.9 Å². The van der Waals surface area contributed by atoms with Crippen LogP contribution in [0.3, 0.4) is 0 Å². The number of para-hydroxylation sites is 2. The fourth-order valence-electron chi connectivity index (χ4n) is 11.6. The number of guanidine groups is 1. The zero-order valence-corrected chi connectivity index (χ0v) is 72.6. The molecule has 8 rings (SSSR count). The number of imidazole rings is 2. The first-order valence-corrected chi connectivity index (χ1v) is 42.0. The van der Waals surface area contributed by atoms with Crippen molar-refractivity contribution in [1.29, 1.82) is 10.5 Å². The molecular formula is C89H132N18O16. The van der Waals surface area contributed by atoms with Gasteiger partial charge in [-0.3, -0.25) is 14.6 Å². The smallest absolute Gasteiger partial charge is 0.308 e. The van der Waals surface area contributed by atoms with Crippen LogP contribution in [0.15, 0.2) is 112 Å². The second kappa shape index (κ2) is 63.6. The third-order valence-corrected chi connectivity index (χ3v) is 17.2. The minimum atomic E-state index is -0.512. The number of unbranched alkanes of at least 4 members (excludes halogenated alkanes) is 4. The number of esters is 2. The number of hydrogen-bond donors (Lipinski definition) is 5. The molecule has 4 aromatic carbocycles. The van der Waals surface area contributed by atoms with Crippen molar-refractivity contribution in [2.24, 2.45) is 20.8 Å². The standard InChI is InChI=1S/C35H46N8O3.C27H53N3O12.C18H25N5.C8H4N2O.CH4/c1-5-6-16-29-42-31-32(27-14-7-8-15-28(27)41-33(31)37)43(29)20-10-9-18-38-34(40-26-13-11-12-25(23-26)24-36)39-19-22-45-21-17-30(44)46-35(2,3)4;1-27(2,3)42-26(31)4-6-32-8-10-34-12-14-36-16-18-38-20-22-40-24-25-41-23-21-39-19-17-37-15-13-35-11-9-33-7-5-29-30-28;1-2-3-10-15-22-16-17(23(15)12-7-6-11-19)13-8-4-5-9-14(13)21-18(16)20;9-5-7-2-1-3-8(4-7)10-6-11;/h7-8,11-15,23H,5-6,9-10,16-22H2,1-4H3,(H2,37,41)(H2,38,39,40);4-25H2,1-3H3;4-5,8-9H,2-3,6-7,10-12,19H2,1H3,(H2,20,21);1-4H;1H4. The lowest BCUT2D eigenvalue weighted by atomic mass is 10.2. The molecule has 0 unspecified atom stereocenters. The molecule has 4 heterocycles. The third kappa shape index (κ3) is 44.5. The van der Waals surface area contributed by atoms with Gasteiger partial charge in [-0.2, -0.15) is 15.5 Å². The topological polar surface area (TPSA) is 456 Å². The first kappa shape index (κ1) is 105. The number of azide groups is 1. The average molecular weight is 1710 g/mol. The molecule has 0 bridgehead atoms. The number of nitrogens with one attached hydrogen (secondary N) is 2. The summed E-state index contributed by atoms with van der Waals surface area (Å²) in [5, 5.41) is 29.9. The van der Waals surface area contributed by atoms with E-state index in [2.05, 4.69) is 76.8 Å². The maximum atomic E-state index is 11.9. The number of fused-ring (bicyclic) bond motifs is 6. The van der Waals surface area contributed by atoms with Crippen LogP contribution >= 0.6 is 0 Å². The molecule has 0 aliphatic carbocycles. The van der Waals surface area contributed by atoms with Crippen molar-refractivity contribution >= 4 is 90.9 Å². The lowest BCUT2D eigenvalue weighted by molar-refractivity contribution is -0.157. The number of nitrogens with two attached hydrogens (primary N) is 3. The van der Waals surface area contributed by atoms with Crippen molar-refractivity contribution in [3.8, 4) is 12.1 Å². The highest BCUT2D eigenvalue weighted by Gasteiger charge is 2.21. The van der Waals surface area contributed by atoms with E-state index in [4.69, 9.17) is 105 Å². The maximum absolute atomic E-state index is 11.9. The number of aliphatic imine (C=N–C) groups is 2. The number of isocyanates is 1. The Balaban J connectivity index is 0.000000376. The second-order valence-corrected chi connectivity index (χ2v) is 29.4. The molecule has 0 amide bonds. The van der Waals surface area contributed by atoms with Crippen molar-refractivity contribution in [3.63, 3.8) is 0 Å². The van der Waals surface area contributed by atoms with Gasteiger partial charge in [-0.05, 0) is 141 Å². The molecule has 0 fully saturated rings. The Morgan fingerprint density at radius 1 is 0.504 bits per heavy atom. The van der Waals surface area contributed by atoms with E-state index in [1.54, 1.807) is 30.3 Å². The van der Waals surface area contributed by atoms with Crippen LogP contribution in [-0.2, 0) is 102 Å². The van der Waals surface area contributed by atoms with Gasteiger partial charge in [0.1, 0.15) is 33.9 Å². The van der Waals surface area contributed by atoms with Gasteiger partial charge >= 0.3 is 11.9 Å². The number of carbonyl (C=O) groups is 2. The first-order chi connectivity index (χ1) is 59.3. The summed E-state index contributed by atoms with van der Waals surface area (Å²) < 4.78 is 74.8. The van der Waals surface area contributed by atoms with Gasteiger partial charge in [-0.25, -0.2) is 24.7 Å². The summed E-state index contributed by atoms with van der Waals surface area (Å²) in [5.74, 6) is 3.18. The van der Waals surface area contributed by atoms with Gasteiger partial charge in [0.05, 0.1) is 209 Å². The number of carbonyl (C=O) groups excluding carboxylic acids is 3. The van der Waals surface area contributed by atoms with E-state index >= 15 is 0 Å². The van der Waals surface area contributed by atoms with Gasteiger partial charge in [0.15, 0.2) is 17.6 Å². The number of ether oxygens (including phenoxy) is 13. The molecular weight excluding hydrogens is 1580 g/mol. The zero-order valence-electron chi connectivity index (χ0n) is 72.6. The molecule has 0 spiro atoms. The fourth-order valence-corrected chi connectivity index (χ4v) is 11.6. The maximum Gasteiger partial charge on any atom is 0.308 e. The van der Waals surface area contributed by atoms with Crippen LogP contribution in [0.5, 0.6) is 0 Å². The molecule has 0 radical (unpaired) electrons. The normalized spacial score (nSPS) is 11.3. The number of nitriles is 2. The highest BCUT2D eigenvalue weighted by atomic mass is 16.6. The van der Waals surface area contributed by atoms with Crippen molar-refractivity contribution in [2.75, 3.05) is 188 Å². The minimum absolute atomic E-state index is 0. The van der Waals surface area contributed by atoms with E-state index in [-0.39, 0.29) is 38.8 Å². The predicted molar refractivity (Wildman–Crippen MR) is 478 cm³/mol. The third-order valence-electron chi connectivity index (χ3n) is 17.2. The number of aryl methyl sites for hydroxylation is 4. The molecule has 34 nitrogen and oxygen atoms in total. The minimum Gasteiger partial charge on any atom is -0.460 e. The van der Waals surface area contributed by atoms with E-state index < -0.39 is 11.2 Å². The Labute approximate surface area is 724 Å². The largest absolute Gasteiger partial charge is 0.460 e. The quantitative estimate of drug-likeness (QED) is 0.00345. The van der Waals surface area contributed by atoms with Crippen molar-refractivity contribution in [3.05, 3.63) is 130 Å². The predicted octanol–water partition coefficient (Wildman–Crippen LogP) is 13.6. The van der Waals surface area contributed by atoms with Crippen LogP contribution in [0.25, 0.3) is 54.3 Å². The average Bonchev–Trinajstić information content (AvgIpc) is 1.62. The number of benzene rings is 4. The van der Waals surface area contributed by atoms with Crippen molar-refractivity contribution in [1.82, 2.24) is 34.4 Å². The molecule has 0 aliphatic rings. The summed E-state index contributed by atoms with van der Waals surface area (Å²) in [7, 11) is 0. The number of anilines is 3. The second-order valence-electron chi connectivity index (χ2n) is 29.4. The molecule has 8 aromatic rings. The number of hydrogen-bond acceptors (Lipinski definition) is 28. The SMILES string of the molecule is C.CC(C)(C)OC(=O)CCOCCOCCOCCOCCOCCOCCOCCOCCOCCOCCN=[N+]=[N-].CCCCc1nc2c(N)nc3ccccc3c2n1CCCCN.CCCCc1nc2c(N)nc3ccccc3c2n1CCCCN=C(NCCOCCC(=O)OC(C)(C)C)Nc1cccc(C#N)c1.N#Cc1cccc(N=C=O)c1.